The Morgan fingerprint density at radius 1 is 1.50 bits per heavy atom. The molecule has 1 saturated heterocycles. The molecule has 5 heteroatoms. The second-order valence-electron chi connectivity index (χ2n) is 4.78. The Morgan fingerprint density at radius 3 is 3.00 bits per heavy atom. The number of pyridine rings is 1. The molecule has 1 aliphatic heterocycles. The van der Waals surface area contributed by atoms with E-state index in [9.17, 15) is 4.79 Å². The lowest BCUT2D eigenvalue weighted by Gasteiger charge is -2.20. The van der Waals surface area contributed by atoms with Gasteiger partial charge in [0.15, 0.2) is 5.82 Å². The van der Waals surface area contributed by atoms with Crippen LogP contribution in [0.1, 0.15) is 30.1 Å². The molecule has 3 heterocycles. The molecule has 0 amide bonds. The number of rotatable bonds is 2. The van der Waals surface area contributed by atoms with Crippen molar-refractivity contribution in [3.63, 3.8) is 0 Å². The number of aromatic carboxylic acids is 1. The predicted octanol–water partition coefficient (Wildman–Crippen LogP) is 2.02. The monoisotopic (exact) mass is 245 g/mol. The Morgan fingerprint density at radius 2 is 2.33 bits per heavy atom. The van der Waals surface area contributed by atoms with Gasteiger partial charge in [0.25, 0.3) is 0 Å². The van der Waals surface area contributed by atoms with Crippen LogP contribution in [0.25, 0.3) is 5.52 Å². The lowest BCUT2D eigenvalue weighted by Crippen LogP contribution is -2.26. The van der Waals surface area contributed by atoms with E-state index < -0.39 is 5.97 Å². The van der Waals surface area contributed by atoms with E-state index in [1.807, 2.05) is 6.07 Å². The molecule has 0 spiro atoms. The Bertz CT molecular complexity index is 605. The number of anilines is 1. The summed E-state index contributed by atoms with van der Waals surface area (Å²) in [6, 6.07) is 5.92. The summed E-state index contributed by atoms with van der Waals surface area (Å²) in [5, 5.41) is 13.4. The summed E-state index contributed by atoms with van der Waals surface area (Å²) in [6.07, 6.45) is 3.94. The van der Waals surface area contributed by atoms with E-state index in [0.29, 0.717) is 6.04 Å². The van der Waals surface area contributed by atoms with Crippen molar-refractivity contribution in [1.82, 2.24) is 9.61 Å². The van der Waals surface area contributed by atoms with Gasteiger partial charge in [-0.2, -0.15) is 5.10 Å². The maximum atomic E-state index is 10.9. The molecule has 1 fully saturated rings. The Labute approximate surface area is 105 Å². The summed E-state index contributed by atoms with van der Waals surface area (Å²) >= 11 is 0. The molecule has 0 bridgehead atoms. The maximum Gasteiger partial charge on any atom is 0.337 e. The molecule has 1 N–H and O–H groups in total. The summed E-state index contributed by atoms with van der Waals surface area (Å²) < 4.78 is 1.64. The minimum Gasteiger partial charge on any atom is -0.478 e. The molecule has 1 aliphatic rings. The first-order valence-electron chi connectivity index (χ1n) is 6.14. The molecule has 1 atom stereocenters. The van der Waals surface area contributed by atoms with E-state index in [4.69, 9.17) is 5.11 Å². The highest BCUT2D eigenvalue weighted by Crippen LogP contribution is 2.25. The van der Waals surface area contributed by atoms with Crippen LogP contribution in [0.3, 0.4) is 0 Å². The fraction of sp³-hybridized carbons (Fsp3) is 0.385. The fourth-order valence-corrected chi connectivity index (χ4v) is 2.51. The molecular formula is C13H15N3O2. The SMILES string of the molecule is C[C@H]1CCCN1c1cc2ccc(C(=O)O)cn2n1. The van der Waals surface area contributed by atoms with E-state index in [0.717, 1.165) is 17.9 Å². The first-order valence-corrected chi connectivity index (χ1v) is 6.14. The van der Waals surface area contributed by atoms with Crippen LogP contribution in [0.5, 0.6) is 0 Å². The van der Waals surface area contributed by atoms with Crippen LogP contribution in [-0.2, 0) is 0 Å². The number of carboxylic acids is 1. The Balaban J connectivity index is 2.02. The lowest BCUT2D eigenvalue weighted by atomic mass is 10.2. The molecule has 18 heavy (non-hydrogen) atoms. The highest BCUT2D eigenvalue weighted by atomic mass is 16.4. The number of nitrogens with zero attached hydrogens (tertiary/aromatic N) is 3. The van der Waals surface area contributed by atoms with Gasteiger partial charge in [-0.15, -0.1) is 0 Å². The quantitative estimate of drug-likeness (QED) is 0.879. The largest absolute Gasteiger partial charge is 0.478 e. The van der Waals surface area contributed by atoms with Crippen molar-refractivity contribution in [1.29, 1.82) is 0 Å². The van der Waals surface area contributed by atoms with Gasteiger partial charge in [-0.3, -0.25) is 0 Å². The zero-order valence-electron chi connectivity index (χ0n) is 10.2. The smallest absolute Gasteiger partial charge is 0.337 e. The van der Waals surface area contributed by atoms with Crippen LogP contribution in [0.4, 0.5) is 5.82 Å². The van der Waals surface area contributed by atoms with Gasteiger partial charge < -0.3 is 10.0 Å². The van der Waals surface area contributed by atoms with E-state index >= 15 is 0 Å². The zero-order chi connectivity index (χ0) is 12.7. The second kappa shape index (κ2) is 4.01. The van der Waals surface area contributed by atoms with Crippen LogP contribution in [0.2, 0.25) is 0 Å². The van der Waals surface area contributed by atoms with Crippen LogP contribution in [0.15, 0.2) is 24.4 Å². The average molecular weight is 245 g/mol. The first-order chi connectivity index (χ1) is 8.65. The molecule has 0 radical (unpaired) electrons. The van der Waals surface area contributed by atoms with Crippen molar-refractivity contribution in [2.24, 2.45) is 0 Å². The van der Waals surface area contributed by atoms with E-state index in [-0.39, 0.29) is 5.56 Å². The summed E-state index contributed by atoms with van der Waals surface area (Å²) in [5.41, 5.74) is 1.18. The second-order valence-corrected chi connectivity index (χ2v) is 4.78. The molecule has 5 nitrogen and oxygen atoms in total. The van der Waals surface area contributed by atoms with Crippen molar-refractivity contribution in [2.45, 2.75) is 25.8 Å². The normalized spacial score (nSPS) is 19.6. The number of carboxylic acid groups (broad SMARTS) is 1. The van der Waals surface area contributed by atoms with Gasteiger partial charge in [0, 0.05) is 24.8 Å². The summed E-state index contributed by atoms with van der Waals surface area (Å²) in [5.74, 6) is 0.00558. The van der Waals surface area contributed by atoms with Gasteiger partial charge in [-0.05, 0) is 31.9 Å². The third-order valence-electron chi connectivity index (χ3n) is 3.54. The van der Waals surface area contributed by atoms with Crippen LogP contribution in [-0.4, -0.2) is 33.3 Å². The molecule has 0 saturated carbocycles. The van der Waals surface area contributed by atoms with Gasteiger partial charge in [0.1, 0.15) is 0 Å². The van der Waals surface area contributed by atoms with Gasteiger partial charge in [-0.1, -0.05) is 0 Å². The molecule has 0 aliphatic carbocycles. The molecule has 0 unspecified atom stereocenters. The van der Waals surface area contributed by atoms with Crippen molar-refractivity contribution < 1.29 is 9.90 Å². The van der Waals surface area contributed by atoms with Crippen molar-refractivity contribution in [2.75, 3.05) is 11.4 Å². The topological polar surface area (TPSA) is 57.8 Å². The third kappa shape index (κ3) is 1.72. The van der Waals surface area contributed by atoms with E-state index in [1.165, 1.54) is 12.8 Å². The molecule has 94 valence electrons. The maximum absolute atomic E-state index is 10.9. The Hall–Kier alpha value is -2.04. The highest BCUT2D eigenvalue weighted by Gasteiger charge is 2.22. The van der Waals surface area contributed by atoms with E-state index in [1.54, 1.807) is 22.8 Å². The number of hydrogen-bond donors (Lipinski definition) is 1. The van der Waals surface area contributed by atoms with Gasteiger partial charge in [0.05, 0.1) is 11.1 Å². The van der Waals surface area contributed by atoms with Gasteiger partial charge in [0.2, 0.25) is 0 Å². The first kappa shape index (κ1) is 11.1. The van der Waals surface area contributed by atoms with Crippen molar-refractivity contribution in [3.8, 4) is 0 Å². The summed E-state index contributed by atoms with van der Waals surface area (Å²) in [7, 11) is 0. The van der Waals surface area contributed by atoms with Gasteiger partial charge >= 0.3 is 5.97 Å². The minimum atomic E-state index is -0.927. The number of hydrogen-bond acceptors (Lipinski definition) is 3. The summed E-state index contributed by atoms with van der Waals surface area (Å²) in [6.45, 7) is 3.22. The average Bonchev–Trinajstić information content (AvgIpc) is 2.92. The van der Waals surface area contributed by atoms with Crippen LogP contribution >= 0.6 is 0 Å². The molecule has 2 aromatic heterocycles. The summed E-state index contributed by atoms with van der Waals surface area (Å²) in [4.78, 5) is 13.2. The standard InChI is InChI=1S/C13H15N3O2/c1-9-3-2-6-15(9)12-7-11-5-4-10(13(17)18)8-16(11)14-12/h4-5,7-9H,2-3,6H2,1H3,(H,17,18)/t9-/m0/s1. The number of aromatic nitrogens is 2. The lowest BCUT2D eigenvalue weighted by molar-refractivity contribution is 0.0696. The highest BCUT2D eigenvalue weighted by molar-refractivity contribution is 5.87. The van der Waals surface area contributed by atoms with Crippen molar-refractivity contribution in [3.05, 3.63) is 30.0 Å². The third-order valence-corrected chi connectivity index (χ3v) is 3.54. The number of carbonyl (C=O) groups is 1. The molecule has 0 aromatic carbocycles. The molecule has 2 aromatic rings. The minimum absolute atomic E-state index is 0.256. The predicted molar refractivity (Wildman–Crippen MR) is 68.2 cm³/mol. The van der Waals surface area contributed by atoms with Crippen molar-refractivity contribution >= 4 is 17.3 Å². The number of fused-ring (bicyclic) bond motifs is 1. The Kier molecular flexibility index (Phi) is 2.47. The molecule has 3 rings (SSSR count). The van der Waals surface area contributed by atoms with Gasteiger partial charge in [-0.25, -0.2) is 9.31 Å². The van der Waals surface area contributed by atoms with Crippen LogP contribution < -0.4 is 4.90 Å². The zero-order valence-corrected chi connectivity index (χ0v) is 10.2. The van der Waals surface area contributed by atoms with Crippen LogP contribution in [0, 0.1) is 0 Å². The molecular weight excluding hydrogens is 230 g/mol. The van der Waals surface area contributed by atoms with E-state index in [2.05, 4.69) is 16.9 Å². The fourth-order valence-electron chi connectivity index (χ4n) is 2.51.